The molecule has 2 heterocycles. The predicted octanol–water partition coefficient (Wildman–Crippen LogP) is 2.97. The number of aryl methyl sites for hydroxylation is 1. The molecule has 1 aliphatic heterocycles. The van der Waals surface area contributed by atoms with Gasteiger partial charge in [0, 0.05) is 30.6 Å². The monoisotopic (exact) mass is 381 g/mol. The number of fused-ring (bicyclic) bond motifs is 1. The van der Waals surface area contributed by atoms with Gasteiger partial charge in [-0.1, -0.05) is 6.07 Å². The molecule has 1 aliphatic rings. The smallest absolute Gasteiger partial charge is 0.232 e. The number of hydrogen-bond donors (Lipinski definition) is 1. The van der Waals surface area contributed by atoms with Gasteiger partial charge in [-0.05, 0) is 37.5 Å². The molecule has 0 spiro atoms. The third kappa shape index (κ3) is 4.13. The number of ether oxygens (including phenoxy) is 1. The first-order valence-corrected chi connectivity index (χ1v) is 10.9. The van der Waals surface area contributed by atoms with Crippen LogP contribution in [0.15, 0.2) is 23.6 Å². The average Bonchev–Trinajstić information content (AvgIpc) is 3.01. The molecule has 8 heteroatoms. The van der Waals surface area contributed by atoms with Crippen LogP contribution < -0.4 is 9.62 Å². The maximum Gasteiger partial charge on any atom is 0.232 e. The summed E-state index contributed by atoms with van der Waals surface area (Å²) in [5, 5.41) is 6.19. The summed E-state index contributed by atoms with van der Waals surface area (Å²) in [4.78, 5) is 4.64. The van der Waals surface area contributed by atoms with Crippen molar-refractivity contribution in [2.45, 2.75) is 25.8 Å². The number of nitrogens with one attached hydrogen (secondary N) is 1. The lowest BCUT2D eigenvalue weighted by atomic mass is 10.00. The van der Waals surface area contributed by atoms with E-state index in [-0.39, 0.29) is 6.04 Å². The Balaban J connectivity index is 1.84. The lowest BCUT2D eigenvalue weighted by molar-refractivity contribution is 0.190. The molecule has 0 saturated heterocycles. The van der Waals surface area contributed by atoms with Crippen LogP contribution in [0.1, 0.15) is 18.9 Å². The fourth-order valence-electron chi connectivity index (χ4n) is 3.04. The van der Waals surface area contributed by atoms with E-state index < -0.39 is 10.0 Å². The van der Waals surface area contributed by atoms with Gasteiger partial charge in [0.15, 0.2) is 5.13 Å². The molecule has 1 aromatic carbocycles. The number of anilines is 2. The van der Waals surface area contributed by atoms with Gasteiger partial charge in [-0.3, -0.25) is 4.31 Å². The Kier molecular flexibility index (Phi) is 5.31. The minimum Gasteiger partial charge on any atom is -0.383 e. The Morgan fingerprint density at radius 2 is 2.24 bits per heavy atom. The summed E-state index contributed by atoms with van der Waals surface area (Å²) >= 11 is 1.56. The highest BCUT2D eigenvalue weighted by molar-refractivity contribution is 7.92. The van der Waals surface area contributed by atoms with E-state index in [1.165, 1.54) is 10.6 Å². The first kappa shape index (κ1) is 18.2. The Morgan fingerprint density at radius 1 is 1.44 bits per heavy atom. The van der Waals surface area contributed by atoms with Gasteiger partial charge in [0.25, 0.3) is 0 Å². The van der Waals surface area contributed by atoms with Gasteiger partial charge in [-0.25, -0.2) is 13.4 Å². The van der Waals surface area contributed by atoms with Crippen LogP contribution >= 0.6 is 11.3 Å². The minimum atomic E-state index is -3.23. The molecule has 1 N–H and O–H groups in total. The summed E-state index contributed by atoms with van der Waals surface area (Å²) in [6.45, 7) is 3.21. The van der Waals surface area contributed by atoms with Crippen LogP contribution in [-0.4, -0.2) is 46.0 Å². The molecule has 1 atom stereocenters. The van der Waals surface area contributed by atoms with E-state index in [0.717, 1.165) is 40.5 Å². The molecule has 0 amide bonds. The van der Waals surface area contributed by atoms with E-state index in [2.05, 4.69) is 16.4 Å². The standard InChI is InChI=1S/C17H23N3O3S2/c1-12(10-23-2)18-17-19-15(11-24-17)13-6-7-16-14(9-13)5-4-8-20(16)25(3,21)22/h6-7,9,11-12H,4-5,8,10H2,1-3H3,(H,18,19)/t12-/m1/s1. The zero-order chi connectivity index (χ0) is 18.0. The zero-order valence-electron chi connectivity index (χ0n) is 14.7. The average molecular weight is 382 g/mol. The third-order valence-electron chi connectivity index (χ3n) is 4.14. The number of methoxy groups -OCH3 is 1. The van der Waals surface area contributed by atoms with Crippen molar-refractivity contribution in [2.75, 3.05) is 36.1 Å². The lowest BCUT2D eigenvalue weighted by Gasteiger charge is -2.29. The Hall–Kier alpha value is -1.64. The molecule has 0 fully saturated rings. The highest BCUT2D eigenvalue weighted by Gasteiger charge is 2.24. The molecule has 1 aromatic heterocycles. The molecule has 25 heavy (non-hydrogen) atoms. The Bertz CT molecular complexity index is 849. The zero-order valence-corrected chi connectivity index (χ0v) is 16.3. The SMILES string of the molecule is COC[C@@H](C)Nc1nc(-c2ccc3c(c2)CCCN3S(C)(=O)=O)cs1. The van der Waals surface area contributed by atoms with Crippen molar-refractivity contribution >= 4 is 32.2 Å². The topological polar surface area (TPSA) is 71.5 Å². The summed E-state index contributed by atoms with van der Waals surface area (Å²) in [7, 11) is -1.55. The summed E-state index contributed by atoms with van der Waals surface area (Å²) in [6, 6.07) is 6.09. The Labute approximate surface area is 152 Å². The number of sulfonamides is 1. The second-order valence-electron chi connectivity index (χ2n) is 6.32. The van der Waals surface area contributed by atoms with Crippen molar-refractivity contribution in [2.24, 2.45) is 0 Å². The number of nitrogens with zero attached hydrogens (tertiary/aromatic N) is 2. The summed E-state index contributed by atoms with van der Waals surface area (Å²) in [5.41, 5.74) is 3.76. The van der Waals surface area contributed by atoms with Crippen molar-refractivity contribution in [3.05, 3.63) is 29.1 Å². The molecule has 0 aliphatic carbocycles. The molecular weight excluding hydrogens is 358 g/mol. The first-order valence-electron chi connectivity index (χ1n) is 8.20. The number of benzene rings is 1. The number of thiazole rings is 1. The van der Waals surface area contributed by atoms with Crippen LogP contribution in [0.4, 0.5) is 10.8 Å². The van der Waals surface area contributed by atoms with Crippen molar-refractivity contribution in [1.82, 2.24) is 4.98 Å². The van der Waals surface area contributed by atoms with E-state index in [1.807, 2.05) is 24.4 Å². The van der Waals surface area contributed by atoms with Crippen molar-refractivity contribution in [3.63, 3.8) is 0 Å². The quantitative estimate of drug-likeness (QED) is 0.833. The first-order chi connectivity index (χ1) is 11.9. The molecule has 0 bridgehead atoms. The number of hydrogen-bond acceptors (Lipinski definition) is 6. The van der Waals surface area contributed by atoms with Crippen LogP contribution in [0.3, 0.4) is 0 Å². The number of aromatic nitrogens is 1. The molecule has 3 rings (SSSR count). The van der Waals surface area contributed by atoms with Crippen molar-refractivity contribution in [1.29, 1.82) is 0 Å². The molecule has 0 radical (unpaired) electrons. The largest absolute Gasteiger partial charge is 0.383 e. The van der Waals surface area contributed by atoms with Gasteiger partial charge in [0.2, 0.25) is 10.0 Å². The van der Waals surface area contributed by atoms with Gasteiger partial charge in [-0.2, -0.15) is 0 Å². The maximum atomic E-state index is 12.0. The molecule has 136 valence electrons. The van der Waals surface area contributed by atoms with E-state index in [9.17, 15) is 8.42 Å². The van der Waals surface area contributed by atoms with E-state index in [4.69, 9.17) is 4.74 Å². The Morgan fingerprint density at radius 3 is 2.96 bits per heavy atom. The van der Waals surface area contributed by atoms with Crippen LogP contribution in [0.2, 0.25) is 0 Å². The van der Waals surface area contributed by atoms with Gasteiger partial charge < -0.3 is 10.1 Å². The molecule has 0 saturated carbocycles. The highest BCUT2D eigenvalue weighted by Crippen LogP contribution is 2.34. The molecular formula is C17H23N3O3S2. The molecule has 6 nitrogen and oxygen atoms in total. The van der Waals surface area contributed by atoms with Gasteiger partial charge >= 0.3 is 0 Å². The normalized spacial score (nSPS) is 15.7. The van der Waals surface area contributed by atoms with Crippen molar-refractivity contribution in [3.8, 4) is 11.3 Å². The summed E-state index contributed by atoms with van der Waals surface area (Å²) in [6.07, 6.45) is 2.98. The third-order valence-corrected chi connectivity index (χ3v) is 6.10. The fraction of sp³-hybridized carbons (Fsp3) is 0.471. The second-order valence-corrected chi connectivity index (χ2v) is 9.09. The highest BCUT2D eigenvalue weighted by atomic mass is 32.2. The second kappa shape index (κ2) is 7.31. The maximum absolute atomic E-state index is 12.0. The minimum absolute atomic E-state index is 0.191. The summed E-state index contributed by atoms with van der Waals surface area (Å²) in [5.74, 6) is 0. The van der Waals surface area contributed by atoms with Crippen LogP contribution in [0.25, 0.3) is 11.3 Å². The van der Waals surface area contributed by atoms with Gasteiger partial charge in [0.05, 0.1) is 24.2 Å². The molecule has 0 unspecified atom stereocenters. The van der Waals surface area contributed by atoms with E-state index in [1.54, 1.807) is 18.4 Å². The van der Waals surface area contributed by atoms with Crippen molar-refractivity contribution < 1.29 is 13.2 Å². The predicted molar refractivity (Wildman–Crippen MR) is 103 cm³/mol. The van der Waals surface area contributed by atoms with Crippen LogP contribution in [-0.2, 0) is 21.2 Å². The summed E-state index contributed by atoms with van der Waals surface area (Å²) < 4.78 is 30.5. The lowest BCUT2D eigenvalue weighted by Crippen LogP contribution is -2.34. The van der Waals surface area contributed by atoms with Gasteiger partial charge in [0.1, 0.15) is 0 Å². The van der Waals surface area contributed by atoms with E-state index >= 15 is 0 Å². The van der Waals surface area contributed by atoms with Gasteiger partial charge in [-0.15, -0.1) is 11.3 Å². The van der Waals surface area contributed by atoms with Crippen LogP contribution in [0, 0.1) is 0 Å². The van der Waals surface area contributed by atoms with E-state index in [0.29, 0.717) is 13.2 Å². The van der Waals surface area contributed by atoms with Crippen LogP contribution in [0.5, 0.6) is 0 Å². The fourth-order valence-corrected chi connectivity index (χ4v) is 4.87. The molecule has 2 aromatic rings. The number of rotatable bonds is 6.